The molecule has 0 radical (unpaired) electrons. The van der Waals surface area contributed by atoms with Gasteiger partial charge in [0.1, 0.15) is 0 Å². The van der Waals surface area contributed by atoms with Crippen LogP contribution >= 0.6 is 11.6 Å². The summed E-state index contributed by atoms with van der Waals surface area (Å²) < 4.78 is 33.4. The number of sulfonamides is 1. The molecule has 3 aromatic rings. The van der Waals surface area contributed by atoms with Crippen LogP contribution in [0.1, 0.15) is 11.5 Å². The molecule has 0 aliphatic rings. The molecule has 0 unspecified atom stereocenters. The van der Waals surface area contributed by atoms with E-state index in [1.54, 1.807) is 62.5 Å². The highest BCUT2D eigenvalue weighted by atomic mass is 35.5. The van der Waals surface area contributed by atoms with Crippen molar-refractivity contribution in [3.05, 3.63) is 65.1 Å². The Bertz CT molecular complexity index is 979. The third-order valence-corrected chi connectivity index (χ3v) is 5.26. The second-order valence-electron chi connectivity index (χ2n) is 5.34. The molecule has 0 bridgehead atoms. The smallest absolute Gasteiger partial charge is 0.262 e. The second kappa shape index (κ2) is 6.30. The minimum atomic E-state index is -3.74. The maximum atomic E-state index is 12.7. The van der Waals surface area contributed by atoms with Crippen molar-refractivity contribution in [2.24, 2.45) is 0 Å². The Labute approximate surface area is 145 Å². The molecule has 7 heteroatoms. The van der Waals surface area contributed by atoms with Gasteiger partial charge < -0.3 is 4.42 Å². The molecular weight excluding hydrogens is 348 g/mol. The number of rotatable bonds is 4. The van der Waals surface area contributed by atoms with Crippen molar-refractivity contribution in [1.29, 1.82) is 0 Å². The summed E-state index contributed by atoms with van der Waals surface area (Å²) in [4.78, 5) is 4.22. The Morgan fingerprint density at radius 2 is 1.79 bits per heavy atom. The Morgan fingerprint density at radius 1 is 1.08 bits per heavy atom. The van der Waals surface area contributed by atoms with E-state index in [1.807, 2.05) is 0 Å². The third kappa shape index (κ3) is 3.44. The average molecular weight is 363 g/mol. The number of aromatic nitrogens is 1. The van der Waals surface area contributed by atoms with Gasteiger partial charge in [0.05, 0.1) is 11.1 Å². The Balaban J connectivity index is 1.99. The van der Waals surface area contributed by atoms with Gasteiger partial charge in [0.15, 0.2) is 11.7 Å². The predicted molar refractivity (Wildman–Crippen MR) is 93.7 cm³/mol. The standard InChI is InChI=1S/C17H15ClN2O3S/c1-11-3-4-13(16-10-19-12(2)23-16)9-17(11)24(21,22)20-15-7-5-14(18)6-8-15/h3-10,20H,1-2H3. The number of anilines is 1. The van der Waals surface area contributed by atoms with Gasteiger partial charge in [-0.25, -0.2) is 13.4 Å². The lowest BCUT2D eigenvalue weighted by Crippen LogP contribution is -2.14. The first kappa shape index (κ1) is 16.5. The van der Waals surface area contributed by atoms with Crippen molar-refractivity contribution in [1.82, 2.24) is 4.98 Å². The van der Waals surface area contributed by atoms with Gasteiger partial charge in [-0.2, -0.15) is 0 Å². The van der Waals surface area contributed by atoms with Gasteiger partial charge in [0.2, 0.25) is 0 Å². The van der Waals surface area contributed by atoms with Gasteiger partial charge in [0, 0.05) is 23.2 Å². The summed E-state index contributed by atoms with van der Waals surface area (Å²) >= 11 is 5.82. The van der Waals surface area contributed by atoms with Gasteiger partial charge in [-0.05, 0) is 42.8 Å². The van der Waals surface area contributed by atoms with Gasteiger partial charge in [-0.1, -0.05) is 23.7 Å². The van der Waals surface area contributed by atoms with Crippen LogP contribution in [0.2, 0.25) is 5.02 Å². The van der Waals surface area contributed by atoms with E-state index in [0.717, 1.165) is 0 Å². The van der Waals surface area contributed by atoms with Gasteiger partial charge in [-0.3, -0.25) is 4.72 Å². The molecular formula is C17H15ClN2O3S. The zero-order chi connectivity index (χ0) is 17.3. The lowest BCUT2D eigenvalue weighted by Gasteiger charge is -2.11. The zero-order valence-electron chi connectivity index (χ0n) is 13.1. The summed E-state index contributed by atoms with van der Waals surface area (Å²) in [5, 5.41) is 0.539. The summed E-state index contributed by atoms with van der Waals surface area (Å²) in [6.45, 7) is 3.48. The molecule has 0 atom stereocenters. The first-order valence-corrected chi connectivity index (χ1v) is 9.03. The molecule has 0 fully saturated rings. The van der Waals surface area contributed by atoms with E-state index < -0.39 is 10.0 Å². The fraction of sp³-hybridized carbons (Fsp3) is 0.118. The van der Waals surface area contributed by atoms with E-state index in [-0.39, 0.29) is 4.90 Å². The van der Waals surface area contributed by atoms with Gasteiger partial charge >= 0.3 is 0 Å². The monoisotopic (exact) mass is 362 g/mol. The van der Waals surface area contributed by atoms with Crippen LogP contribution in [0.3, 0.4) is 0 Å². The largest absolute Gasteiger partial charge is 0.441 e. The maximum Gasteiger partial charge on any atom is 0.262 e. The molecule has 0 aliphatic heterocycles. The molecule has 124 valence electrons. The van der Waals surface area contributed by atoms with Crippen molar-refractivity contribution in [2.75, 3.05) is 4.72 Å². The molecule has 0 amide bonds. The lowest BCUT2D eigenvalue weighted by atomic mass is 10.1. The minimum Gasteiger partial charge on any atom is -0.441 e. The number of hydrogen-bond donors (Lipinski definition) is 1. The zero-order valence-corrected chi connectivity index (χ0v) is 14.6. The van der Waals surface area contributed by atoms with Crippen molar-refractivity contribution < 1.29 is 12.8 Å². The van der Waals surface area contributed by atoms with Crippen LogP contribution in [0.25, 0.3) is 11.3 Å². The molecule has 1 N–H and O–H groups in total. The number of halogens is 1. The van der Waals surface area contributed by atoms with Crippen LogP contribution in [0, 0.1) is 13.8 Å². The Hall–Kier alpha value is -2.31. The van der Waals surface area contributed by atoms with Crippen LogP contribution in [0.15, 0.2) is 58.0 Å². The highest BCUT2D eigenvalue weighted by molar-refractivity contribution is 7.92. The molecule has 1 heterocycles. The highest BCUT2D eigenvalue weighted by Gasteiger charge is 2.19. The van der Waals surface area contributed by atoms with Crippen LogP contribution in [0.5, 0.6) is 0 Å². The maximum absolute atomic E-state index is 12.7. The summed E-state index contributed by atoms with van der Waals surface area (Å²) in [6.07, 6.45) is 1.57. The molecule has 0 saturated carbocycles. The number of aryl methyl sites for hydroxylation is 2. The first-order valence-electron chi connectivity index (χ1n) is 7.17. The highest BCUT2D eigenvalue weighted by Crippen LogP contribution is 2.27. The molecule has 3 rings (SSSR count). The number of benzene rings is 2. The Kier molecular flexibility index (Phi) is 4.34. The van der Waals surface area contributed by atoms with Crippen molar-refractivity contribution in [3.63, 3.8) is 0 Å². The minimum absolute atomic E-state index is 0.184. The first-order chi connectivity index (χ1) is 11.3. The van der Waals surface area contributed by atoms with Crippen molar-refractivity contribution >= 4 is 27.3 Å². The SMILES string of the molecule is Cc1ncc(-c2ccc(C)c(S(=O)(=O)Nc3ccc(Cl)cc3)c2)o1. The van der Waals surface area contributed by atoms with Crippen molar-refractivity contribution in [3.8, 4) is 11.3 Å². The molecule has 5 nitrogen and oxygen atoms in total. The quantitative estimate of drug-likeness (QED) is 0.746. The second-order valence-corrected chi connectivity index (χ2v) is 7.42. The molecule has 0 saturated heterocycles. The summed E-state index contributed by atoms with van der Waals surface area (Å²) in [7, 11) is -3.74. The number of oxazole rings is 1. The van der Waals surface area contributed by atoms with Crippen molar-refractivity contribution in [2.45, 2.75) is 18.7 Å². The van der Waals surface area contributed by atoms with Gasteiger partial charge in [0.25, 0.3) is 10.0 Å². The topological polar surface area (TPSA) is 72.2 Å². The summed E-state index contributed by atoms with van der Waals surface area (Å²) in [6, 6.07) is 11.6. The van der Waals surface area contributed by atoms with E-state index in [4.69, 9.17) is 16.0 Å². The van der Waals surface area contributed by atoms with Gasteiger partial charge in [-0.15, -0.1) is 0 Å². The summed E-state index contributed by atoms with van der Waals surface area (Å²) in [5.74, 6) is 1.05. The molecule has 1 aromatic heterocycles. The third-order valence-electron chi connectivity index (χ3n) is 3.48. The molecule has 0 aliphatic carbocycles. The van der Waals surface area contributed by atoms with Crippen LogP contribution in [0.4, 0.5) is 5.69 Å². The predicted octanol–water partition coefficient (Wildman–Crippen LogP) is 4.41. The number of hydrogen-bond acceptors (Lipinski definition) is 4. The van der Waals surface area contributed by atoms with E-state index in [0.29, 0.717) is 33.5 Å². The lowest BCUT2D eigenvalue weighted by molar-refractivity contribution is 0.534. The van der Waals surface area contributed by atoms with E-state index in [2.05, 4.69) is 9.71 Å². The fourth-order valence-electron chi connectivity index (χ4n) is 2.27. The molecule has 0 spiro atoms. The van der Waals surface area contributed by atoms with E-state index in [9.17, 15) is 8.42 Å². The number of nitrogens with zero attached hydrogens (tertiary/aromatic N) is 1. The fourth-order valence-corrected chi connectivity index (χ4v) is 3.72. The van der Waals surface area contributed by atoms with Crippen LogP contribution in [-0.2, 0) is 10.0 Å². The van der Waals surface area contributed by atoms with Crippen LogP contribution < -0.4 is 4.72 Å². The molecule has 24 heavy (non-hydrogen) atoms. The average Bonchev–Trinajstić information content (AvgIpc) is 2.96. The summed E-state index contributed by atoms with van der Waals surface area (Å²) in [5.41, 5.74) is 1.73. The Morgan fingerprint density at radius 3 is 2.42 bits per heavy atom. The van der Waals surface area contributed by atoms with E-state index in [1.165, 1.54) is 0 Å². The molecule has 2 aromatic carbocycles. The number of nitrogens with one attached hydrogen (secondary N) is 1. The van der Waals surface area contributed by atoms with Crippen LogP contribution in [-0.4, -0.2) is 13.4 Å². The normalized spacial score (nSPS) is 11.5. The van der Waals surface area contributed by atoms with E-state index >= 15 is 0 Å².